The van der Waals surface area contributed by atoms with Gasteiger partial charge in [0, 0.05) is 12.1 Å². The lowest BCUT2D eigenvalue weighted by Crippen LogP contribution is -2.28. The van der Waals surface area contributed by atoms with Gasteiger partial charge in [-0.05, 0) is 30.7 Å². The van der Waals surface area contributed by atoms with Crippen LogP contribution < -0.4 is 14.8 Å². The maximum Gasteiger partial charge on any atom is 0.258 e. The fourth-order valence-corrected chi connectivity index (χ4v) is 2.13. The van der Waals surface area contributed by atoms with E-state index in [1.54, 1.807) is 31.4 Å². The third-order valence-corrected chi connectivity index (χ3v) is 3.34. The van der Waals surface area contributed by atoms with Gasteiger partial charge in [-0.3, -0.25) is 4.79 Å². The van der Waals surface area contributed by atoms with Crippen molar-refractivity contribution >= 4 is 12.0 Å². The highest BCUT2D eigenvalue weighted by atomic mass is 19.1. The van der Waals surface area contributed by atoms with Crippen molar-refractivity contribution in [3.8, 4) is 11.5 Å². The van der Waals surface area contributed by atoms with Crippen LogP contribution in [0.4, 0.5) is 4.39 Å². The van der Waals surface area contributed by atoms with E-state index in [2.05, 4.69) is 5.32 Å². The number of rotatable bonds is 7. The molecule has 0 unspecified atom stereocenters. The fourth-order valence-electron chi connectivity index (χ4n) is 2.13. The van der Waals surface area contributed by atoms with Crippen LogP contribution in [-0.2, 0) is 11.3 Å². The van der Waals surface area contributed by atoms with Crippen LogP contribution in [0, 0.1) is 5.82 Å². The van der Waals surface area contributed by atoms with E-state index in [9.17, 15) is 9.18 Å². The Morgan fingerprint density at radius 1 is 1.21 bits per heavy atom. The summed E-state index contributed by atoms with van der Waals surface area (Å²) in [7, 11) is 1.54. The van der Waals surface area contributed by atoms with Gasteiger partial charge in [-0.1, -0.05) is 36.4 Å². The molecule has 1 amide bonds. The summed E-state index contributed by atoms with van der Waals surface area (Å²) < 4.78 is 24.2. The molecule has 0 aliphatic heterocycles. The highest BCUT2D eigenvalue weighted by molar-refractivity contribution is 5.77. The summed E-state index contributed by atoms with van der Waals surface area (Å²) in [5, 5.41) is 2.62. The average molecular weight is 329 g/mol. The number of hydrogen-bond donors (Lipinski definition) is 1. The zero-order chi connectivity index (χ0) is 17.4. The van der Waals surface area contributed by atoms with E-state index in [-0.39, 0.29) is 24.9 Å². The molecule has 5 heteroatoms. The first-order valence-corrected chi connectivity index (χ1v) is 7.57. The van der Waals surface area contributed by atoms with Crippen molar-refractivity contribution in [2.45, 2.75) is 13.5 Å². The van der Waals surface area contributed by atoms with Gasteiger partial charge in [0.15, 0.2) is 18.1 Å². The van der Waals surface area contributed by atoms with Crippen LogP contribution in [0.15, 0.2) is 48.5 Å². The Morgan fingerprint density at radius 2 is 2.00 bits per heavy atom. The number of carbonyl (C=O) groups excluding carboxylic acids is 1. The quantitative estimate of drug-likeness (QED) is 0.845. The van der Waals surface area contributed by atoms with Gasteiger partial charge in [0.2, 0.25) is 0 Å². The Bertz CT molecular complexity index is 728. The maximum atomic E-state index is 13.5. The lowest BCUT2D eigenvalue weighted by Gasteiger charge is -2.11. The molecular weight excluding hydrogens is 309 g/mol. The van der Waals surface area contributed by atoms with E-state index in [0.717, 1.165) is 5.56 Å². The molecule has 0 saturated heterocycles. The molecule has 126 valence electrons. The summed E-state index contributed by atoms with van der Waals surface area (Å²) in [5.74, 6) is 0.345. The normalized spacial score (nSPS) is 10.6. The van der Waals surface area contributed by atoms with Gasteiger partial charge in [-0.15, -0.1) is 0 Å². The highest BCUT2D eigenvalue weighted by Crippen LogP contribution is 2.28. The van der Waals surface area contributed by atoms with Gasteiger partial charge in [-0.25, -0.2) is 4.39 Å². The molecule has 0 fully saturated rings. The molecule has 0 saturated carbocycles. The first-order valence-electron chi connectivity index (χ1n) is 7.57. The molecule has 0 atom stereocenters. The number of amides is 1. The van der Waals surface area contributed by atoms with Crippen LogP contribution in [0.5, 0.6) is 11.5 Å². The Balaban J connectivity index is 1.90. The fraction of sp³-hybridized carbons (Fsp3) is 0.211. The van der Waals surface area contributed by atoms with Crippen molar-refractivity contribution in [3.63, 3.8) is 0 Å². The zero-order valence-electron chi connectivity index (χ0n) is 13.7. The van der Waals surface area contributed by atoms with Crippen molar-refractivity contribution in [2.24, 2.45) is 0 Å². The predicted octanol–water partition coefficient (Wildman–Crippen LogP) is 3.56. The molecule has 2 aromatic rings. The Kier molecular flexibility index (Phi) is 6.37. The van der Waals surface area contributed by atoms with E-state index in [0.29, 0.717) is 17.1 Å². The first kappa shape index (κ1) is 17.5. The number of allylic oxidation sites excluding steroid dienone is 1. The molecule has 0 bridgehead atoms. The molecule has 0 heterocycles. The van der Waals surface area contributed by atoms with Gasteiger partial charge in [-0.2, -0.15) is 0 Å². The van der Waals surface area contributed by atoms with Gasteiger partial charge in [0.25, 0.3) is 5.91 Å². The van der Waals surface area contributed by atoms with Crippen LogP contribution in [0.2, 0.25) is 0 Å². The molecule has 24 heavy (non-hydrogen) atoms. The van der Waals surface area contributed by atoms with E-state index < -0.39 is 0 Å². The van der Waals surface area contributed by atoms with Gasteiger partial charge in [0.05, 0.1) is 7.11 Å². The predicted molar refractivity (Wildman–Crippen MR) is 91.4 cm³/mol. The minimum atomic E-state index is -0.347. The van der Waals surface area contributed by atoms with E-state index in [4.69, 9.17) is 9.47 Å². The number of nitrogens with one attached hydrogen (secondary N) is 1. The number of methoxy groups -OCH3 is 1. The minimum Gasteiger partial charge on any atom is -0.493 e. The zero-order valence-corrected chi connectivity index (χ0v) is 13.7. The Labute approximate surface area is 140 Å². The van der Waals surface area contributed by atoms with E-state index in [1.165, 1.54) is 6.07 Å². The topological polar surface area (TPSA) is 47.6 Å². The molecule has 0 aliphatic rings. The van der Waals surface area contributed by atoms with Crippen LogP contribution in [0.1, 0.15) is 18.1 Å². The first-order chi connectivity index (χ1) is 11.6. The molecule has 0 aromatic heterocycles. The molecule has 1 N–H and O–H groups in total. The van der Waals surface area contributed by atoms with Crippen LogP contribution in [-0.4, -0.2) is 19.6 Å². The van der Waals surface area contributed by atoms with Crippen molar-refractivity contribution in [1.29, 1.82) is 0 Å². The van der Waals surface area contributed by atoms with Gasteiger partial charge >= 0.3 is 0 Å². The molecule has 0 aliphatic carbocycles. The standard InChI is InChI=1S/C19H20FNO3/c1-3-6-14-9-10-17(18(11-14)23-2)24-13-19(22)21-12-15-7-4-5-8-16(15)20/h3-11H,12-13H2,1-2H3,(H,21,22)/b6-3-. The molecule has 0 spiro atoms. The summed E-state index contributed by atoms with van der Waals surface area (Å²) in [4.78, 5) is 11.9. The third-order valence-electron chi connectivity index (χ3n) is 3.34. The molecule has 2 aromatic carbocycles. The maximum absolute atomic E-state index is 13.5. The summed E-state index contributed by atoms with van der Waals surface area (Å²) in [6.07, 6.45) is 3.86. The SMILES string of the molecule is C/C=C\c1ccc(OCC(=O)NCc2ccccc2F)c(OC)c1. The summed E-state index contributed by atoms with van der Waals surface area (Å²) in [5.41, 5.74) is 1.41. The van der Waals surface area contributed by atoms with E-state index in [1.807, 2.05) is 31.2 Å². The number of ether oxygens (including phenoxy) is 2. The summed E-state index contributed by atoms with van der Waals surface area (Å²) >= 11 is 0. The van der Waals surface area contributed by atoms with Crippen molar-refractivity contribution in [3.05, 3.63) is 65.5 Å². The van der Waals surface area contributed by atoms with Crippen LogP contribution in [0.3, 0.4) is 0 Å². The average Bonchev–Trinajstić information content (AvgIpc) is 2.60. The van der Waals surface area contributed by atoms with Crippen molar-refractivity contribution < 1.29 is 18.7 Å². The van der Waals surface area contributed by atoms with E-state index >= 15 is 0 Å². The Hall–Kier alpha value is -2.82. The molecule has 0 radical (unpaired) electrons. The second-order valence-electron chi connectivity index (χ2n) is 5.07. The number of benzene rings is 2. The molecular formula is C19H20FNO3. The van der Waals surface area contributed by atoms with Crippen molar-refractivity contribution in [2.75, 3.05) is 13.7 Å². The third kappa shape index (κ3) is 4.84. The smallest absolute Gasteiger partial charge is 0.258 e. The second-order valence-corrected chi connectivity index (χ2v) is 5.07. The summed E-state index contributed by atoms with van der Waals surface area (Å²) in [6, 6.07) is 11.8. The van der Waals surface area contributed by atoms with Crippen molar-refractivity contribution in [1.82, 2.24) is 5.32 Å². The number of halogens is 1. The van der Waals surface area contributed by atoms with Gasteiger partial charge < -0.3 is 14.8 Å². The lowest BCUT2D eigenvalue weighted by atomic mass is 10.2. The van der Waals surface area contributed by atoms with Crippen LogP contribution >= 0.6 is 0 Å². The highest BCUT2D eigenvalue weighted by Gasteiger charge is 2.09. The monoisotopic (exact) mass is 329 g/mol. The molecule has 2 rings (SSSR count). The van der Waals surface area contributed by atoms with Gasteiger partial charge in [0.1, 0.15) is 5.82 Å². The second kappa shape index (κ2) is 8.72. The number of hydrogen-bond acceptors (Lipinski definition) is 3. The minimum absolute atomic E-state index is 0.117. The lowest BCUT2D eigenvalue weighted by molar-refractivity contribution is -0.123. The Morgan fingerprint density at radius 3 is 2.71 bits per heavy atom. The number of carbonyl (C=O) groups is 1. The summed E-state index contributed by atoms with van der Waals surface area (Å²) in [6.45, 7) is 1.87. The van der Waals surface area contributed by atoms with Crippen LogP contribution in [0.25, 0.3) is 6.08 Å². The largest absolute Gasteiger partial charge is 0.493 e. The molecule has 4 nitrogen and oxygen atoms in total.